The zero-order chi connectivity index (χ0) is 15.7. The molecule has 1 aliphatic carbocycles. The van der Waals surface area contributed by atoms with Crippen molar-refractivity contribution in [1.82, 2.24) is 0 Å². The van der Waals surface area contributed by atoms with Gasteiger partial charge in [0.2, 0.25) is 0 Å². The monoisotopic (exact) mass is 310 g/mol. The Morgan fingerprint density at radius 2 is 2.27 bits per heavy atom. The molecule has 0 fully saturated rings. The maximum atomic E-state index is 12.4. The Morgan fingerprint density at radius 3 is 3.00 bits per heavy atom. The molecule has 1 atom stereocenters. The molecule has 1 heterocycles. The molecule has 22 heavy (non-hydrogen) atoms. The van der Waals surface area contributed by atoms with Gasteiger partial charge >= 0.3 is 0 Å². The Balaban J connectivity index is 1.90. The van der Waals surface area contributed by atoms with Gasteiger partial charge in [-0.05, 0) is 49.8 Å². The zero-order valence-corrected chi connectivity index (χ0v) is 13.6. The topological polar surface area (TPSA) is 52.9 Å². The number of fused-ring (bicyclic) bond motifs is 1. The number of nitriles is 1. The van der Waals surface area contributed by atoms with Crippen LogP contribution in [0.5, 0.6) is 0 Å². The summed E-state index contributed by atoms with van der Waals surface area (Å²) in [6.45, 7) is 4.18. The molecule has 1 aliphatic rings. The number of rotatable bonds is 2. The van der Waals surface area contributed by atoms with E-state index in [2.05, 4.69) is 18.3 Å². The van der Waals surface area contributed by atoms with Crippen LogP contribution in [-0.4, -0.2) is 5.91 Å². The third kappa shape index (κ3) is 2.77. The lowest BCUT2D eigenvalue weighted by atomic mass is 9.88. The van der Waals surface area contributed by atoms with Crippen molar-refractivity contribution in [1.29, 1.82) is 5.26 Å². The molecule has 1 amide bonds. The van der Waals surface area contributed by atoms with E-state index in [1.807, 2.05) is 25.1 Å². The van der Waals surface area contributed by atoms with Gasteiger partial charge in [0.1, 0.15) is 11.1 Å². The summed E-state index contributed by atoms with van der Waals surface area (Å²) < 4.78 is 0. The molecule has 0 saturated heterocycles. The first-order valence-corrected chi connectivity index (χ1v) is 8.32. The summed E-state index contributed by atoms with van der Waals surface area (Å²) >= 11 is 1.56. The predicted octanol–water partition coefficient (Wildman–Crippen LogP) is 4.31. The van der Waals surface area contributed by atoms with Crippen molar-refractivity contribution in [3.63, 3.8) is 0 Å². The first kappa shape index (κ1) is 14.8. The summed E-state index contributed by atoms with van der Waals surface area (Å²) in [5.74, 6) is 0.460. The SMILES string of the molecule is Cc1cccc(C(=O)Nc2sc3c(c2C#N)CC(C)CC3)c1. The van der Waals surface area contributed by atoms with Gasteiger partial charge in [0, 0.05) is 10.4 Å². The standard InChI is InChI=1S/C18H18N2OS/c1-11-4-3-5-13(8-11)17(21)20-18-15(10-19)14-9-12(2)6-7-16(14)22-18/h3-5,8,12H,6-7,9H2,1-2H3,(H,20,21). The van der Waals surface area contributed by atoms with Crippen molar-refractivity contribution in [3.05, 3.63) is 51.4 Å². The maximum Gasteiger partial charge on any atom is 0.256 e. The van der Waals surface area contributed by atoms with Crippen LogP contribution in [0.3, 0.4) is 0 Å². The lowest BCUT2D eigenvalue weighted by Gasteiger charge is -2.17. The third-order valence-electron chi connectivity index (χ3n) is 4.13. The molecular weight excluding hydrogens is 292 g/mol. The average Bonchev–Trinajstić information content (AvgIpc) is 2.83. The van der Waals surface area contributed by atoms with E-state index in [-0.39, 0.29) is 5.91 Å². The Hall–Kier alpha value is -2.12. The summed E-state index contributed by atoms with van der Waals surface area (Å²) in [6.07, 6.45) is 3.11. The van der Waals surface area contributed by atoms with Crippen LogP contribution in [-0.2, 0) is 12.8 Å². The molecule has 3 nitrogen and oxygen atoms in total. The second-order valence-corrected chi connectivity index (χ2v) is 7.10. The quantitative estimate of drug-likeness (QED) is 0.899. The molecule has 0 spiro atoms. The van der Waals surface area contributed by atoms with Crippen LogP contribution in [0.1, 0.15) is 45.3 Å². The van der Waals surface area contributed by atoms with Crippen molar-refractivity contribution in [3.8, 4) is 6.07 Å². The van der Waals surface area contributed by atoms with Crippen LogP contribution in [0.15, 0.2) is 24.3 Å². The van der Waals surface area contributed by atoms with Gasteiger partial charge in [-0.1, -0.05) is 24.6 Å². The minimum absolute atomic E-state index is 0.146. The Morgan fingerprint density at radius 1 is 1.45 bits per heavy atom. The number of thiophene rings is 1. The van der Waals surface area contributed by atoms with Crippen molar-refractivity contribution >= 4 is 22.2 Å². The Labute approximate surface area is 134 Å². The molecule has 0 bridgehead atoms. The molecule has 0 saturated carbocycles. The maximum absolute atomic E-state index is 12.4. The number of aryl methyl sites for hydroxylation is 2. The first-order valence-electron chi connectivity index (χ1n) is 7.51. The van der Waals surface area contributed by atoms with Gasteiger partial charge in [-0.15, -0.1) is 11.3 Å². The van der Waals surface area contributed by atoms with E-state index in [1.165, 1.54) is 4.88 Å². The smallest absolute Gasteiger partial charge is 0.256 e. The molecule has 3 rings (SSSR count). The lowest BCUT2D eigenvalue weighted by Crippen LogP contribution is -2.12. The van der Waals surface area contributed by atoms with Crippen LogP contribution in [0.2, 0.25) is 0 Å². The molecule has 112 valence electrons. The molecule has 4 heteroatoms. The third-order valence-corrected chi connectivity index (χ3v) is 5.33. The number of carbonyl (C=O) groups excluding carboxylic acids is 1. The van der Waals surface area contributed by atoms with E-state index < -0.39 is 0 Å². The minimum Gasteiger partial charge on any atom is -0.312 e. The van der Waals surface area contributed by atoms with E-state index in [4.69, 9.17) is 0 Å². The summed E-state index contributed by atoms with van der Waals surface area (Å²) in [5.41, 5.74) is 3.48. The molecule has 1 N–H and O–H groups in total. The summed E-state index contributed by atoms with van der Waals surface area (Å²) in [6, 6.07) is 9.77. The van der Waals surface area contributed by atoms with Gasteiger partial charge in [0.15, 0.2) is 0 Å². The van der Waals surface area contributed by atoms with Crippen LogP contribution < -0.4 is 5.32 Å². The van der Waals surface area contributed by atoms with Gasteiger partial charge in [-0.25, -0.2) is 0 Å². The highest BCUT2D eigenvalue weighted by atomic mass is 32.1. The van der Waals surface area contributed by atoms with Crippen LogP contribution >= 0.6 is 11.3 Å². The largest absolute Gasteiger partial charge is 0.312 e. The number of hydrogen-bond acceptors (Lipinski definition) is 3. The number of hydrogen-bond donors (Lipinski definition) is 1. The van der Waals surface area contributed by atoms with Gasteiger partial charge < -0.3 is 5.32 Å². The van der Waals surface area contributed by atoms with Gasteiger partial charge in [0.25, 0.3) is 5.91 Å². The van der Waals surface area contributed by atoms with Gasteiger partial charge in [-0.2, -0.15) is 5.26 Å². The number of amides is 1. The zero-order valence-electron chi connectivity index (χ0n) is 12.8. The molecule has 1 aromatic heterocycles. The van der Waals surface area contributed by atoms with Crippen molar-refractivity contribution in [2.24, 2.45) is 5.92 Å². The van der Waals surface area contributed by atoms with E-state index in [1.54, 1.807) is 17.4 Å². The van der Waals surface area contributed by atoms with Crippen molar-refractivity contribution in [2.45, 2.75) is 33.1 Å². The number of anilines is 1. The highest BCUT2D eigenvalue weighted by Gasteiger charge is 2.24. The second kappa shape index (κ2) is 5.94. The fourth-order valence-corrected chi connectivity index (χ4v) is 4.12. The predicted molar refractivity (Wildman–Crippen MR) is 89.4 cm³/mol. The van der Waals surface area contributed by atoms with E-state index in [0.717, 1.165) is 30.4 Å². The van der Waals surface area contributed by atoms with Gasteiger partial charge in [0.05, 0.1) is 5.56 Å². The van der Waals surface area contributed by atoms with Crippen molar-refractivity contribution < 1.29 is 4.79 Å². The Kier molecular flexibility index (Phi) is 4.00. The number of benzene rings is 1. The summed E-state index contributed by atoms with van der Waals surface area (Å²) in [4.78, 5) is 13.7. The summed E-state index contributed by atoms with van der Waals surface area (Å²) in [5, 5.41) is 13.1. The van der Waals surface area contributed by atoms with Crippen LogP contribution in [0.4, 0.5) is 5.00 Å². The summed E-state index contributed by atoms with van der Waals surface area (Å²) in [7, 11) is 0. The number of nitrogens with one attached hydrogen (secondary N) is 1. The number of nitrogens with zero attached hydrogens (tertiary/aromatic N) is 1. The van der Waals surface area contributed by atoms with E-state index in [9.17, 15) is 10.1 Å². The second-order valence-electron chi connectivity index (χ2n) is 5.99. The molecule has 1 aromatic carbocycles. The fourth-order valence-electron chi connectivity index (χ4n) is 2.93. The van der Waals surface area contributed by atoms with E-state index >= 15 is 0 Å². The highest BCUT2D eigenvalue weighted by molar-refractivity contribution is 7.16. The number of carbonyl (C=O) groups is 1. The van der Waals surface area contributed by atoms with Crippen molar-refractivity contribution in [2.75, 3.05) is 5.32 Å². The van der Waals surface area contributed by atoms with Crippen LogP contribution in [0, 0.1) is 24.2 Å². The van der Waals surface area contributed by atoms with Gasteiger partial charge in [-0.3, -0.25) is 4.79 Å². The van der Waals surface area contributed by atoms with Crippen LogP contribution in [0.25, 0.3) is 0 Å². The Bertz CT molecular complexity index is 770. The molecule has 0 aliphatic heterocycles. The fraction of sp³-hybridized carbons (Fsp3) is 0.333. The molecular formula is C18H18N2OS. The molecule has 0 radical (unpaired) electrons. The average molecular weight is 310 g/mol. The molecule has 2 aromatic rings. The minimum atomic E-state index is -0.146. The highest BCUT2D eigenvalue weighted by Crippen LogP contribution is 2.39. The lowest BCUT2D eigenvalue weighted by molar-refractivity contribution is 0.102. The normalized spacial score (nSPS) is 16.7. The first-order chi connectivity index (χ1) is 10.6. The molecule has 1 unspecified atom stereocenters. The van der Waals surface area contributed by atoms with E-state index in [0.29, 0.717) is 22.0 Å².